The number of methoxy groups -OCH3 is 1. The number of para-hydroxylation sites is 1. The largest absolute Gasteiger partial charge is 0.496 e. The van der Waals surface area contributed by atoms with Crippen LogP contribution in [0.25, 0.3) is 0 Å². The molecule has 0 spiro atoms. The molecule has 3 heteroatoms. The van der Waals surface area contributed by atoms with Gasteiger partial charge in [-0.3, -0.25) is 0 Å². The first-order valence-corrected chi connectivity index (χ1v) is 6.78. The Bertz CT molecular complexity index is 359. The molecule has 1 heterocycles. The molecular formula is C15H23NO2. The molecule has 1 N–H and O–H groups in total. The van der Waals surface area contributed by atoms with E-state index < -0.39 is 0 Å². The van der Waals surface area contributed by atoms with Crippen molar-refractivity contribution in [1.29, 1.82) is 0 Å². The lowest BCUT2D eigenvalue weighted by Gasteiger charge is -2.23. The predicted octanol–water partition coefficient (Wildman–Crippen LogP) is 2.91. The van der Waals surface area contributed by atoms with Gasteiger partial charge in [0.25, 0.3) is 0 Å². The van der Waals surface area contributed by atoms with Crippen LogP contribution >= 0.6 is 0 Å². The van der Waals surface area contributed by atoms with Crippen LogP contribution in [0.3, 0.4) is 0 Å². The lowest BCUT2D eigenvalue weighted by Crippen LogP contribution is -2.31. The van der Waals surface area contributed by atoms with Crippen molar-refractivity contribution in [2.45, 2.75) is 38.3 Å². The minimum atomic E-state index is 0.309. The summed E-state index contributed by atoms with van der Waals surface area (Å²) in [5.41, 5.74) is 1.23. The van der Waals surface area contributed by atoms with Crippen molar-refractivity contribution >= 4 is 0 Å². The van der Waals surface area contributed by atoms with Crippen molar-refractivity contribution in [1.82, 2.24) is 5.32 Å². The maximum atomic E-state index is 5.49. The van der Waals surface area contributed by atoms with Gasteiger partial charge in [0.05, 0.1) is 7.11 Å². The Hall–Kier alpha value is -1.06. The van der Waals surface area contributed by atoms with Crippen LogP contribution in [-0.2, 0) is 4.74 Å². The quantitative estimate of drug-likeness (QED) is 0.890. The summed E-state index contributed by atoms with van der Waals surface area (Å²) >= 11 is 0. The van der Waals surface area contributed by atoms with E-state index in [2.05, 4.69) is 24.4 Å². The Labute approximate surface area is 109 Å². The number of ether oxygens (including phenoxy) is 2. The van der Waals surface area contributed by atoms with Gasteiger partial charge in [-0.25, -0.2) is 0 Å². The Balaban J connectivity index is 1.99. The molecule has 1 unspecified atom stereocenters. The minimum Gasteiger partial charge on any atom is -0.496 e. The van der Waals surface area contributed by atoms with Gasteiger partial charge in [-0.1, -0.05) is 18.2 Å². The van der Waals surface area contributed by atoms with E-state index in [9.17, 15) is 0 Å². The number of nitrogens with one attached hydrogen (secondary N) is 1. The third-order valence-corrected chi connectivity index (χ3v) is 3.54. The van der Waals surface area contributed by atoms with Crippen LogP contribution in [0.1, 0.15) is 37.8 Å². The summed E-state index contributed by atoms with van der Waals surface area (Å²) in [7, 11) is 1.73. The SMILES string of the molecule is COc1ccccc1[C@@H](C)NC1CCCOCC1. The van der Waals surface area contributed by atoms with Crippen molar-refractivity contribution < 1.29 is 9.47 Å². The van der Waals surface area contributed by atoms with Gasteiger partial charge in [-0.05, 0) is 32.3 Å². The molecule has 2 rings (SSSR count). The molecule has 1 fully saturated rings. The van der Waals surface area contributed by atoms with Crippen molar-refractivity contribution in [3.63, 3.8) is 0 Å². The highest BCUT2D eigenvalue weighted by Gasteiger charge is 2.17. The smallest absolute Gasteiger partial charge is 0.123 e. The van der Waals surface area contributed by atoms with Gasteiger partial charge in [-0.2, -0.15) is 0 Å². The number of rotatable bonds is 4. The minimum absolute atomic E-state index is 0.309. The molecule has 3 nitrogen and oxygen atoms in total. The molecular weight excluding hydrogens is 226 g/mol. The molecule has 1 aliphatic rings. The first kappa shape index (κ1) is 13.4. The lowest BCUT2D eigenvalue weighted by atomic mass is 10.0. The molecule has 18 heavy (non-hydrogen) atoms. The van der Waals surface area contributed by atoms with Crippen LogP contribution in [0.2, 0.25) is 0 Å². The van der Waals surface area contributed by atoms with E-state index in [1.165, 1.54) is 12.0 Å². The second-order valence-corrected chi connectivity index (χ2v) is 4.87. The Kier molecular flexibility index (Phi) is 5.02. The van der Waals surface area contributed by atoms with E-state index >= 15 is 0 Å². The highest BCUT2D eigenvalue weighted by Crippen LogP contribution is 2.25. The topological polar surface area (TPSA) is 30.5 Å². The van der Waals surface area contributed by atoms with E-state index in [4.69, 9.17) is 9.47 Å². The first-order chi connectivity index (χ1) is 8.81. The summed E-state index contributed by atoms with van der Waals surface area (Å²) in [6, 6.07) is 9.07. The van der Waals surface area contributed by atoms with Crippen LogP contribution in [0, 0.1) is 0 Å². The molecule has 1 aromatic rings. The zero-order chi connectivity index (χ0) is 12.8. The van der Waals surface area contributed by atoms with Crippen LogP contribution in [-0.4, -0.2) is 26.4 Å². The second-order valence-electron chi connectivity index (χ2n) is 4.87. The van der Waals surface area contributed by atoms with Crippen LogP contribution in [0.15, 0.2) is 24.3 Å². The van der Waals surface area contributed by atoms with Crippen LogP contribution < -0.4 is 10.1 Å². The Morgan fingerprint density at radius 3 is 2.94 bits per heavy atom. The van der Waals surface area contributed by atoms with Gasteiger partial charge in [0, 0.05) is 30.9 Å². The molecule has 1 aliphatic heterocycles. The van der Waals surface area contributed by atoms with E-state index in [1.54, 1.807) is 7.11 Å². The summed E-state index contributed by atoms with van der Waals surface area (Å²) in [6.07, 6.45) is 3.44. The van der Waals surface area contributed by atoms with Crippen molar-refractivity contribution in [2.75, 3.05) is 20.3 Å². The first-order valence-electron chi connectivity index (χ1n) is 6.78. The normalized spacial score (nSPS) is 22.2. The Morgan fingerprint density at radius 2 is 2.11 bits per heavy atom. The third-order valence-electron chi connectivity index (χ3n) is 3.54. The molecule has 0 aliphatic carbocycles. The van der Waals surface area contributed by atoms with E-state index in [-0.39, 0.29) is 0 Å². The number of benzene rings is 1. The molecule has 0 amide bonds. The van der Waals surface area contributed by atoms with Crippen LogP contribution in [0.5, 0.6) is 5.75 Å². The highest BCUT2D eigenvalue weighted by molar-refractivity contribution is 5.35. The molecule has 0 bridgehead atoms. The van der Waals surface area contributed by atoms with Gasteiger partial charge in [0.1, 0.15) is 5.75 Å². The second kappa shape index (κ2) is 6.76. The summed E-state index contributed by atoms with van der Waals surface area (Å²) in [6.45, 7) is 3.97. The monoisotopic (exact) mass is 249 g/mol. The zero-order valence-corrected chi connectivity index (χ0v) is 11.3. The highest BCUT2D eigenvalue weighted by atomic mass is 16.5. The van der Waals surface area contributed by atoms with Crippen molar-refractivity contribution in [3.8, 4) is 5.75 Å². The lowest BCUT2D eigenvalue weighted by molar-refractivity contribution is 0.142. The zero-order valence-electron chi connectivity index (χ0n) is 11.3. The maximum absolute atomic E-state index is 5.49. The molecule has 2 atom stereocenters. The molecule has 1 aromatic carbocycles. The summed E-state index contributed by atoms with van der Waals surface area (Å²) in [4.78, 5) is 0. The van der Waals surface area contributed by atoms with Gasteiger partial charge in [0.15, 0.2) is 0 Å². The van der Waals surface area contributed by atoms with Gasteiger partial charge < -0.3 is 14.8 Å². The fourth-order valence-corrected chi connectivity index (χ4v) is 2.54. The standard InChI is InChI=1S/C15H23NO2/c1-12(14-7-3-4-8-15(14)17-2)16-13-6-5-10-18-11-9-13/h3-4,7-8,12-13,16H,5-6,9-11H2,1-2H3/t12-,13?/m1/s1. The summed E-state index contributed by atoms with van der Waals surface area (Å²) < 4.78 is 10.9. The van der Waals surface area contributed by atoms with Gasteiger partial charge in [0.2, 0.25) is 0 Å². The van der Waals surface area contributed by atoms with Gasteiger partial charge >= 0.3 is 0 Å². The van der Waals surface area contributed by atoms with Crippen LogP contribution in [0.4, 0.5) is 0 Å². The molecule has 0 aromatic heterocycles. The predicted molar refractivity (Wildman–Crippen MR) is 73.0 cm³/mol. The summed E-state index contributed by atoms with van der Waals surface area (Å²) in [5.74, 6) is 0.961. The average molecular weight is 249 g/mol. The fraction of sp³-hybridized carbons (Fsp3) is 0.600. The van der Waals surface area contributed by atoms with Crippen molar-refractivity contribution in [2.24, 2.45) is 0 Å². The van der Waals surface area contributed by atoms with E-state index in [0.717, 1.165) is 31.8 Å². The van der Waals surface area contributed by atoms with E-state index in [0.29, 0.717) is 12.1 Å². The third kappa shape index (κ3) is 3.47. The van der Waals surface area contributed by atoms with Gasteiger partial charge in [-0.15, -0.1) is 0 Å². The molecule has 0 radical (unpaired) electrons. The number of hydrogen-bond donors (Lipinski definition) is 1. The average Bonchev–Trinajstić information content (AvgIpc) is 2.67. The summed E-state index contributed by atoms with van der Waals surface area (Å²) in [5, 5.41) is 3.69. The number of hydrogen-bond acceptors (Lipinski definition) is 3. The molecule has 0 saturated carbocycles. The van der Waals surface area contributed by atoms with Crippen molar-refractivity contribution in [3.05, 3.63) is 29.8 Å². The fourth-order valence-electron chi connectivity index (χ4n) is 2.54. The maximum Gasteiger partial charge on any atom is 0.123 e. The van der Waals surface area contributed by atoms with E-state index in [1.807, 2.05) is 12.1 Å². The molecule has 100 valence electrons. The molecule has 1 saturated heterocycles. The Morgan fingerprint density at radius 1 is 1.28 bits per heavy atom.